The minimum atomic E-state index is 0.0868. The van der Waals surface area contributed by atoms with Crippen LogP contribution in [-0.4, -0.2) is 24.0 Å². The van der Waals surface area contributed by atoms with E-state index in [1.165, 1.54) is 11.1 Å². The van der Waals surface area contributed by atoms with Gasteiger partial charge < -0.3 is 14.1 Å². The SMILES string of the molecule is COc1ccc2oc(C)c(C(=O)N(C3CC3)C3CCc4ccccc43)c2c1. The molecule has 138 valence electrons. The van der Waals surface area contributed by atoms with Crippen LogP contribution < -0.4 is 4.74 Å². The molecule has 4 nitrogen and oxygen atoms in total. The fraction of sp³-hybridized carbons (Fsp3) is 0.348. The molecule has 1 amide bonds. The number of methoxy groups -OCH3 is 1. The normalized spacial score (nSPS) is 18.5. The largest absolute Gasteiger partial charge is 0.497 e. The highest BCUT2D eigenvalue weighted by atomic mass is 16.5. The second kappa shape index (κ2) is 6.15. The molecule has 0 saturated heterocycles. The third kappa shape index (κ3) is 2.62. The third-order valence-electron chi connectivity index (χ3n) is 5.90. The number of amides is 1. The highest BCUT2D eigenvalue weighted by Gasteiger charge is 2.41. The maximum atomic E-state index is 13.7. The Kier molecular flexibility index (Phi) is 3.74. The number of fused-ring (bicyclic) bond motifs is 2. The smallest absolute Gasteiger partial charge is 0.258 e. The highest BCUT2D eigenvalue weighted by Crippen LogP contribution is 2.43. The van der Waals surface area contributed by atoms with Gasteiger partial charge in [0.05, 0.1) is 18.7 Å². The van der Waals surface area contributed by atoms with Gasteiger partial charge in [0, 0.05) is 11.4 Å². The maximum absolute atomic E-state index is 13.7. The Hall–Kier alpha value is -2.75. The van der Waals surface area contributed by atoms with E-state index in [2.05, 4.69) is 29.2 Å². The van der Waals surface area contributed by atoms with E-state index in [9.17, 15) is 4.79 Å². The Morgan fingerprint density at radius 1 is 1.15 bits per heavy atom. The van der Waals surface area contributed by atoms with E-state index in [-0.39, 0.29) is 11.9 Å². The standard InChI is InChI=1S/C23H23NO3/c1-14-22(19-13-17(26-2)10-12-21(19)27-14)23(25)24(16-8-9-16)20-11-7-15-5-3-4-6-18(15)20/h3-6,10,12-13,16,20H,7-9,11H2,1-2H3. The Morgan fingerprint density at radius 2 is 1.96 bits per heavy atom. The summed E-state index contributed by atoms with van der Waals surface area (Å²) in [5.74, 6) is 1.51. The van der Waals surface area contributed by atoms with Gasteiger partial charge in [-0.1, -0.05) is 24.3 Å². The summed E-state index contributed by atoms with van der Waals surface area (Å²) < 4.78 is 11.3. The minimum Gasteiger partial charge on any atom is -0.497 e. The summed E-state index contributed by atoms with van der Waals surface area (Å²) in [5, 5.41) is 0.841. The topological polar surface area (TPSA) is 42.7 Å². The van der Waals surface area contributed by atoms with Gasteiger partial charge in [0.1, 0.15) is 17.1 Å². The van der Waals surface area contributed by atoms with Crippen LogP contribution in [0, 0.1) is 6.92 Å². The Bertz CT molecular complexity index is 1030. The summed E-state index contributed by atoms with van der Waals surface area (Å²) in [6.45, 7) is 1.88. The average molecular weight is 361 g/mol. The zero-order valence-corrected chi connectivity index (χ0v) is 15.7. The average Bonchev–Trinajstić information content (AvgIpc) is 3.33. The van der Waals surface area contributed by atoms with E-state index in [1.54, 1.807) is 7.11 Å². The molecular weight excluding hydrogens is 338 g/mol. The number of aryl methyl sites for hydroxylation is 2. The van der Waals surface area contributed by atoms with Crippen molar-refractivity contribution in [2.45, 2.75) is 44.7 Å². The first-order valence-corrected chi connectivity index (χ1v) is 9.65. The fourth-order valence-corrected chi connectivity index (χ4v) is 4.46. The molecule has 0 radical (unpaired) electrons. The lowest BCUT2D eigenvalue weighted by atomic mass is 10.0. The Morgan fingerprint density at radius 3 is 2.74 bits per heavy atom. The number of carbonyl (C=O) groups is 1. The van der Waals surface area contributed by atoms with E-state index in [0.717, 1.165) is 42.4 Å². The van der Waals surface area contributed by atoms with Gasteiger partial charge in [-0.2, -0.15) is 0 Å². The second-order valence-electron chi connectivity index (χ2n) is 7.59. The molecule has 0 bridgehead atoms. The Labute approximate surface area is 158 Å². The summed E-state index contributed by atoms with van der Waals surface area (Å²) in [6, 6.07) is 14.7. The highest BCUT2D eigenvalue weighted by molar-refractivity contribution is 6.08. The number of nitrogens with zero attached hydrogens (tertiary/aromatic N) is 1. The molecule has 1 unspecified atom stereocenters. The van der Waals surface area contributed by atoms with Crippen molar-refractivity contribution in [3.05, 3.63) is 64.9 Å². The molecule has 0 aliphatic heterocycles. The van der Waals surface area contributed by atoms with E-state index in [1.807, 2.05) is 25.1 Å². The zero-order chi connectivity index (χ0) is 18.5. The summed E-state index contributed by atoms with van der Waals surface area (Å²) in [6.07, 6.45) is 4.21. The van der Waals surface area contributed by atoms with Crippen LogP contribution in [0.2, 0.25) is 0 Å². The van der Waals surface area contributed by atoms with E-state index in [0.29, 0.717) is 17.4 Å². The van der Waals surface area contributed by atoms with Crippen LogP contribution in [0.5, 0.6) is 5.75 Å². The van der Waals surface area contributed by atoms with Crippen molar-refractivity contribution in [1.29, 1.82) is 0 Å². The molecule has 1 fully saturated rings. The van der Waals surface area contributed by atoms with Crippen molar-refractivity contribution >= 4 is 16.9 Å². The Balaban J connectivity index is 1.60. The first kappa shape index (κ1) is 16.4. The molecule has 1 saturated carbocycles. The number of carbonyl (C=O) groups excluding carboxylic acids is 1. The van der Waals surface area contributed by atoms with Crippen LogP contribution in [0.4, 0.5) is 0 Å². The number of ether oxygens (including phenoxy) is 1. The molecule has 1 atom stereocenters. The van der Waals surface area contributed by atoms with Crippen molar-refractivity contribution in [2.24, 2.45) is 0 Å². The van der Waals surface area contributed by atoms with Crippen molar-refractivity contribution in [3.63, 3.8) is 0 Å². The van der Waals surface area contributed by atoms with Crippen molar-refractivity contribution in [1.82, 2.24) is 4.90 Å². The first-order chi connectivity index (χ1) is 13.2. The number of furan rings is 1. The molecule has 27 heavy (non-hydrogen) atoms. The molecule has 0 spiro atoms. The zero-order valence-electron chi connectivity index (χ0n) is 15.7. The van der Waals surface area contributed by atoms with Crippen molar-refractivity contribution < 1.29 is 13.9 Å². The van der Waals surface area contributed by atoms with Gasteiger partial charge in [0.15, 0.2) is 0 Å². The number of hydrogen-bond acceptors (Lipinski definition) is 3. The fourth-order valence-electron chi connectivity index (χ4n) is 4.46. The molecule has 2 aromatic carbocycles. The van der Waals surface area contributed by atoms with Gasteiger partial charge in [0.25, 0.3) is 5.91 Å². The first-order valence-electron chi connectivity index (χ1n) is 9.65. The van der Waals surface area contributed by atoms with Crippen LogP contribution in [0.1, 0.15) is 52.5 Å². The summed E-state index contributed by atoms with van der Waals surface area (Å²) in [4.78, 5) is 15.9. The number of rotatable bonds is 4. The second-order valence-corrected chi connectivity index (χ2v) is 7.59. The molecule has 0 N–H and O–H groups in total. The lowest BCUT2D eigenvalue weighted by molar-refractivity contribution is 0.0658. The van der Waals surface area contributed by atoms with Gasteiger partial charge in [-0.05, 0) is 61.9 Å². The molecule has 3 aromatic rings. The number of benzene rings is 2. The monoisotopic (exact) mass is 361 g/mol. The van der Waals surface area contributed by atoms with Crippen LogP contribution >= 0.6 is 0 Å². The third-order valence-corrected chi connectivity index (χ3v) is 5.90. The molecule has 2 aliphatic rings. The van der Waals surface area contributed by atoms with Gasteiger partial charge >= 0.3 is 0 Å². The van der Waals surface area contributed by atoms with Crippen LogP contribution in [0.3, 0.4) is 0 Å². The summed E-state index contributed by atoms with van der Waals surface area (Å²) >= 11 is 0. The van der Waals surface area contributed by atoms with Gasteiger partial charge in [-0.15, -0.1) is 0 Å². The van der Waals surface area contributed by atoms with Crippen LogP contribution in [0.15, 0.2) is 46.9 Å². The molecular formula is C23H23NO3. The van der Waals surface area contributed by atoms with Gasteiger partial charge in [-0.25, -0.2) is 0 Å². The van der Waals surface area contributed by atoms with Crippen molar-refractivity contribution in [2.75, 3.05) is 7.11 Å². The van der Waals surface area contributed by atoms with E-state index in [4.69, 9.17) is 9.15 Å². The molecule has 4 heteroatoms. The summed E-state index contributed by atoms with van der Waals surface area (Å²) in [5.41, 5.74) is 4.09. The maximum Gasteiger partial charge on any atom is 0.258 e. The predicted molar refractivity (Wildman–Crippen MR) is 104 cm³/mol. The van der Waals surface area contributed by atoms with Gasteiger partial charge in [0.2, 0.25) is 0 Å². The molecule has 1 heterocycles. The molecule has 5 rings (SSSR count). The van der Waals surface area contributed by atoms with Gasteiger partial charge in [-0.3, -0.25) is 4.79 Å². The predicted octanol–water partition coefficient (Wildman–Crippen LogP) is 5.04. The molecule has 1 aromatic heterocycles. The van der Waals surface area contributed by atoms with Crippen molar-refractivity contribution in [3.8, 4) is 5.75 Å². The van der Waals surface area contributed by atoms with E-state index < -0.39 is 0 Å². The lowest BCUT2D eigenvalue weighted by Crippen LogP contribution is -2.36. The lowest BCUT2D eigenvalue weighted by Gasteiger charge is -2.30. The van der Waals surface area contributed by atoms with Crippen LogP contribution in [0.25, 0.3) is 11.0 Å². The quantitative estimate of drug-likeness (QED) is 0.654. The number of hydrogen-bond donors (Lipinski definition) is 0. The minimum absolute atomic E-state index is 0.0868. The van der Waals surface area contributed by atoms with Crippen LogP contribution in [-0.2, 0) is 6.42 Å². The van der Waals surface area contributed by atoms with E-state index >= 15 is 0 Å². The molecule has 2 aliphatic carbocycles. The summed E-state index contributed by atoms with van der Waals surface area (Å²) in [7, 11) is 1.64.